The summed E-state index contributed by atoms with van der Waals surface area (Å²) in [5.41, 5.74) is 1.13. The first-order valence-electron chi connectivity index (χ1n) is 10.2. The van der Waals surface area contributed by atoms with Gasteiger partial charge in [-0.3, -0.25) is 19.8 Å². The molecule has 1 heterocycles. The average molecular weight is 467 g/mol. The van der Waals surface area contributed by atoms with Gasteiger partial charge in [-0.25, -0.2) is 13.2 Å². The van der Waals surface area contributed by atoms with Crippen molar-refractivity contribution in [2.75, 3.05) is 6.61 Å². The van der Waals surface area contributed by atoms with E-state index in [9.17, 15) is 27.6 Å². The summed E-state index contributed by atoms with van der Waals surface area (Å²) < 4.78 is 31.5. The molecule has 4 amide bonds. The lowest BCUT2D eigenvalue weighted by Gasteiger charge is -2.33. The summed E-state index contributed by atoms with van der Waals surface area (Å²) in [5, 5.41) is 3.26. The van der Waals surface area contributed by atoms with Gasteiger partial charge in [0.1, 0.15) is 11.6 Å². The number of nitrogens with one attached hydrogen (secondary N) is 3. The van der Waals surface area contributed by atoms with E-state index in [-0.39, 0.29) is 4.90 Å². The summed E-state index contributed by atoms with van der Waals surface area (Å²) in [6.45, 7) is 2.55. The van der Waals surface area contributed by atoms with Crippen molar-refractivity contribution in [3.05, 3.63) is 30.3 Å². The highest BCUT2D eigenvalue weighted by molar-refractivity contribution is 7.89. The van der Waals surface area contributed by atoms with E-state index in [0.717, 1.165) is 12.8 Å². The minimum atomic E-state index is -3.95. The summed E-state index contributed by atoms with van der Waals surface area (Å²) in [6.07, 6.45) is 2.53. The third-order valence-corrected chi connectivity index (χ3v) is 7.17. The van der Waals surface area contributed by atoms with Crippen LogP contribution in [0.1, 0.15) is 39.5 Å². The zero-order valence-corrected chi connectivity index (χ0v) is 18.6. The highest BCUT2D eigenvalue weighted by Gasteiger charge is 2.52. The minimum Gasteiger partial charge on any atom is -0.454 e. The summed E-state index contributed by atoms with van der Waals surface area (Å²) >= 11 is 0. The third-order valence-electron chi connectivity index (χ3n) is 5.61. The Balaban J connectivity index is 1.50. The van der Waals surface area contributed by atoms with Gasteiger partial charge >= 0.3 is 12.0 Å². The van der Waals surface area contributed by atoms with Gasteiger partial charge in [0, 0.05) is 0 Å². The molecule has 12 heteroatoms. The third kappa shape index (κ3) is 5.07. The van der Waals surface area contributed by atoms with Gasteiger partial charge in [0.2, 0.25) is 10.0 Å². The first kappa shape index (κ1) is 23.7. The maximum absolute atomic E-state index is 12.7. The van der Waals surface area contributed by atoms with Gasteiger partial charge in [0.05, 0.1) is 4.90 Å². The summed E-state index contributed by atoms with van der Waals surface area (Å²) in [4.78, 5) is 49.2. The van der Waals surface area contributed by atoms with Crippen molar-refractivity contribution in [3.63, 3.8) is 0 Å². The standard InChI is InChI=1S/C20H26N4O7S/c1-13-8-10-20(11-9-13)18(27)24(19(28)21-20)22-16(25)12-31-17(26)14(2)23-32(29,30)15-6-4-3-5-7-15/h3-7,13-14,23H,8-12H2,1-2H3,(H,21,28)(H,22,25)/t13?,14-,20?/m0/s1. The fourth-order valence-electron chi connectivity index (χ4n) is 3.68. The normalized spacial score (nSPS) is 24.2. The number of hydrogen-bond acceptors (Lipinski definition) is 7. The molecule has 32 heavy (non-hydrogen) atoms. The first-order chi connectivity index (χ1) is 15.0. The van der Waals surface area contributed by atoms with Crippen molar-refractivity contribution in [1.82, 2.24) is 20.5 Å². The van der Waals surface area contributed by atoms with Crippen LogP contribution in [0.5, 0.6) is 0 Å². The van der Waals surface area contributed by atoms with Crippen molar-refractivity contribution in [2.24, 2.45) is 5.92 Å². The largest absolute Gasteiger partial charge is 0.454 e. The molecule has 1 aliphatic heterocycles. The molecule has 0 aromatic heterocycles. The number of hydrogen-bond donors (Lipinski definition) is 3. The Morgan fingerprint density at radius 1 is 1.22 bits per heavy atom. The summed E-state index contributed by atoms with van der Waals surface area (Å²) in [6, 6.07) is 5.45. The number of carbonyl (C=O) groups is 4. The van der Waals surface area contributed by atoms with E-state index in [2.05, 4.69) is 22.4 Å². The van der Waals surface area contributed by atoms with Crippen LogP contribution in [0.3, 0.4) is 0 Å². The number of rotatable bonds is 7. The van der Waals surface area contributed by atoms with Gasteiger partial charge in [-0.15, -0.1) is 0 Å². The lowest BCUT2D eigenvalue weighted by atomic mass is 9.77. The van der Waals surface area contributed by atoms with Crippen LogP contribution in [-0.2, 0) is 29.1 Å². The number of ether oxygens (including phenoxy) is 1. The second-order valence-electron chi connectivity index (χ2n) is 8.13. The fraction of sp³-hybridized carbons (Fsp3) is 0.500. The molecule has 1 spiro atoms. The molecule has 0 radical (unpaired) electrons. The van der Waals surface area contributed by atoms with E-state index in [1.807, 2.05) is 0 Å². The van der Waals surface area contributed by atoms with Crippen LogP contribution in [0.2, 0.25) is 0 Å². The molecular weight excluding hydrogens is 440 g/mol. The lowest BCUT2D eigenvalue weighted by molar-refractivity contribution is -0.151. The van der Waals surface area contributed by atoms with Gasteiger partial charge in [-0.1, -0.05) is 25.1 Å². The van der Waals surface area contributed by atoms with Crippen molar-refractivity contribution < 1.29 is 32.3 Å². The molecule has 0 bridgehead atoms. The maximum Gasteiger partial charge on any atom is 0.344 e. The molecule has 1 aromatic rings. The topological polar surface area (TPSA) is 151 Å². The number of imide groups is 1. The van der Waals surface area contributed by atoms with Crippen LogP contribution in [0.15, 0.2) is 35.2 Å². The monoisotopic (exact) mass is 466 g/mol. The minimum absolute atomic E-state index is 0.0259. The number of urea groups is 1. The Morgan fingerprint density at radius 3 is 2.47 bits per heavy atom. The van der Waals surface area contributed by atoms with E-state index in [1.165, 1.54) is 31.2 Å². The molecule has 1 atom stereocenters. The Bertz CT molecular complexity index is 1000. The van der Waals surface area contributed by atoms with Gasteiger partial charge in [0.25, 0.3) is 11.8 Å². The molecule has 2 fully saturated rings. The van der Waals surface area contributed by atoms with Crippen LogP contribution in [0.4, 0.5) is 4.79 Å². The predicted octanol–water partition coefficient (Wildman–Crippen LogP) is 0.429. The van der Waals surface area contributed by atoms with Crippen molar-refractivity contribution in [1.29, 1.82) is 0 Å². The van der Waals surface area contributed by atoms with Crippen molar-refractivity contribution in [2.45, 2.75) is 56.0 Å². The molecular formula is C20H26N4O7S. The smallest absolute Gasteiger partial charge is 0.344 e. The second-order valence-corrected chi connectivity index (χ2v) is 9.85. The van der Waals surface area contributed by atoms with E-state index < -0.39 is 52.0 Å². The predicted molar refractivity (Wildman–Crippen MR) is 111 cm³/mol. The van der Waals surface area contributed by atoms with Crippen molar-refractivity contribution >= 4 is 33.8 Å². The number of nitrogens with zero attached hydrogens (tertiary/aromatic N) is 1. The van der Waals surface area contributed by atoms with E-state index >= 15 is 0 Å². The second kappa shape index (κ2) is 9.25. The highest BCUT2D eigenvalue weighted by atomic mass is 32.2. The molecule has 1 aromatic carbocycles. The molecule has 3 rings (SSSR count). The molecule has 3 N–H and O–H groups in total. The Labute approximate surface area is 185 Å². The molecule has 174 valence electrons. The van der Waals surface area contributed by atoms with Gasteiger partial charge in [-0.05, 0) is 50.7 Å². The SMILES string of the molecule is CC1CCC2(CC1)NC(=O)N(NC(=O)COC(=O)[C@H](C)NS(=O)(=O)c1ccccc1)C2=O. The van der Waals surface area contributed by atoms with Gasteiger partial charge < -0.3 is 10.1 Å². The van der Waals surface area contributed by atoms with Crippen LogP contribution in [0.25, 0.3) is 0 Å². The summed E-state index contributed by atoms with van der Waals surface area (Å²) in [7, 11) is -3.95. The zero-order valence-electron chi connectivity index (χ0n) is 17.8. The molecule has 1 saturated carbocycles. The molecule has 1 saturated heterocycles. The Kier molecular flexibility index (Phi) is 6.84. The average Bonchev–Trinajstić information content (AvgIpc) is 2.98. The molecule has 0 unspecified atom stereocenters. The highest BCUT2D eigenvalue weighted by Crippen LogP contribution is 2.35. The number of benzene rings is 1. The molecule has 11 nitrogen and oxygen atoms in total. The molecule has 2 aliphatic rings. The molecule has 1 aliphatic carbocycles. The first-order valence-corrected chi connectivity index (χ1v) is 11.7. The van der Waals surface area contributed by atoms with E-state index in [4.69, 9.17) is 4.74 Å². The Hall–Kier alpha value is -2.99. The van der Waals surface area contributed by atoms with Crippen LogP contribution in [-0.4, -0.2) is 55.4 Å². The number of esters is 1. The number of amides is 4. The van der Waals surface area contributed by atoms with Crippen LogP contribution in [0, 0.1) is 5.92 Å². The number of carbonyl (C=O) groups excluding carboxylic acids is 4. The van der Waals surface area contributed by atoms with E-state index in [1.54, 1.807) is 6.07 Å². The Morgan fingerprint density at radius 2 is 1.84 bits per heavy atom. The zero-order chi connectivity index (χ0) is 23.5. The van der Waals surface area contributed by atoms with E-state index in [0.29, 0.717) is 23.8 Å². The van der Waals surface area contributed by atoms with Crippen LogP contribution < -0.4 is 15.5 Å². The van der Waals surface area contributed by atoms with Crippen LogP contribution >= 0.6 is 0 Å². The quantitative estimate of drug-likeness (QED) is 0.389. The fourth-order valence-corrected chi connectivity index (χ4v) is 4.90. The van der Waals surface area contributed by atoms with Crippen molar-refractivity contribution in [3.8, 4) is 0 Å². The maximum atomic E-state index is 12.7. The number of sulfonamides is 1. The summed E-state index contributed by atoms with van der Waals surface area (Å²) in [5.74, 6) is -1.98. The van der Waals surface area contributed by atoms with Gasteiger partial charge in [0.15, 0.2) is 6.61 Å². The lowest BCUT2D eigenvalue weighted by Crippen LogP contribution is -2.52. The van der Waals surface area contributed by atoms with Gasteiger partial charge in [-0.2, -0.15) is 9.73 Å². The number of hydrazine groups is 1.